The Labute approximate surface area is 110 Å². The zero-order chi connectivity index (χ0) is 13.7. The van der Waals surface area contributed by atoms with Crippen molar-refractivity contribution in [2.75, 3.05) is 19.0 Å². The van der Waals surface area contributed by atoms with Gasteiger partial charge >= 0.3 is 0 Å². The Kier molecular flexibility index (Phi) is 4.30. The number of rotatable bonds is 6. The molecule has 2 aromatic rings. The van der Waals surface area contributed by atoms with E-state index in [0.29, 0.717) is 19.7 Å². The molecule has 7 nitrogen and oxygen atoms in total. The smallest absolute Gasteiger partial charge is 0.250 e. The van der Waals surface area contributed by atoms with Gasteiger partial charge in [0.05, 0.1) is 18.8 Å². The lowest BCUT2D eigenvalue weighted by Gasteiger charge is -2.08. The molecule has 2 heterocycles. The largest absolute Gasteiger partial charge is 0.383 e. The summed E-state index contributed by atoms with van der Waals surface area (Å²) in [5, 5.41) is 11.0. The number of hydrogen-bond donors (Lipinski definition) is 1. The van der Waals surface area contributed by atoms with E-state index in [0.717, 1.165) is 11.4 Å². The average molecular weight is 263 g/mol. The molecule has 0 saturated heterocycles. The van der Waals surface area contributed by atoms with E-state index in [2.05, 4.69) is 15.6 Å². The molecule has 2 aromatic heterocycles. The number of pyridine rings is 1. The molecule has 0 aliphatic heterocycles. The van der Waals surface area contributed by atoms with E-state index >= 15 is 0 Å². The molecule has 0 saturated carbocycles. The van der Waals surface area contributed by atoms with Gasteiger partial charge in [-0.15, -0.1) is 5.10 Å². The predicted molar refractivity (Wildman–Crippen MR) is 70.9 cm³/mol. The summed E-state index contributed by atoms with van der Waals surface area (Å²) in [4.78, 5) is 11.6. The molecule has 0 amide bonds. The van der Waals surface area contributed by atoms with Crippen LogP contribution in [0.4, 0.5) is 5.69 Å². The normalized spacial score (nSPS) is 10.6. The first-order chi connectivity index (χ1) is 9.19. The third-order valence-electron chi connectivity index (χ3n) is 2.64. The highest BCUT2D eigenvalue weighted by molar-refractivity contribution is 5.40. The van der Waals surface area contributed by atoms with E-state index in [9.17, 15) is 4.79 Å². The van der Waals surface area contributed by atoms with Crippen molar-refractivity contribution in [1.82, 2.24) is 19.6 Å². The molecule has 7 heteroatoms. The Morgan fingerprint density at radius 2 is 2.21 bits per heavy atom. The fraction of sp³-hybridized carbons (Fsp3) is 0.417. The lowest BCUT2D eigenvalue weighted by molar-refractivity contribution is 0.186. The number of aryl methyl sites for hydroxylation is 1. The van der Waals surface area contributed by atoms with Crippen LogP contribution in [-0.2, 0) is 24.9 Å². The Morgan fingerprint density at radius 3 is 2.89 bits per heavy atom. The first-order valence-electron chi connectivity index (χ1n) is 5.97. The molecular weight excluding hydrogens is 246 g/mol. The zero-order valence-electron chi connectivity index (χ0n) is 11.0. The van der Waals surface area contributed by atoms with Crippen LogP contribution in [0.1, 0.15) is 5.69 Å². The summed E-state index contributed by atoms with van der Waals surface area (Å²) in [5.41, 5.74) is 1.67. The summed E-state index contributed by atoms with van der Waals surface area (Å²) in [7, 11) is 3.43. The van der Waals surface area contributed by atoms with E-state index < -0.39 is 0 Å². The number of hydrogen-bond acceptors (Lipinski definition) is 5. The van der Waals surface area contributed by atoms with Crippen molar-refractivity contribution in [2.24, 2.45) is 7.05 Å². The second-order valence-corrected chi connectivity index (χ2v) is 4.18. The molecule has 0 fully saturated rings. The van der Waals surface area contributed by atoms with Crippen LogP contribution in [0.15, 0.2) is 29.3 Å². The standard InChI is InChI=1S/C12H17N5O2/c1-16-8-11(14-15-16)7-13-10-3-4-12(18)17(9-10)5-6-19-2/h3-4,8-9,13H,5-7H2,1-2H3. The van der Waals surface area contributed by atoms with Gasteiger partial charge in [0.1, 0.15) is 5.69 Å². The van der Waals surface area contributed by atoms with Crippen LogP contribution < -0.4 is 10.9 Å². The molecule has 1 N–H and O–H groups in total. The average Bonchev–Trinajstić information content (AvgIpc) is 2.82. The molecule has 0 spiro atoms. The number of methoxy groups -OCH3 is 1. The van der Waals surface area contributed by atoms with E-state index in [1.54, 1.807) is 28.6 Å². The highest BCUT2D eigenvalue weighted by atomic mass is 16.5. The molecule has 2 rings (SSSR count). The molecular formula is C12H17N5O2. The summed E-state index contributed by atoms with van der Waals surface area (Å²) in [6.07, 6.45) is 3.62. The number of nitrogens with one attached hydrogen (secondary N) is 1. The maximum absolute atomic E-state index is 11.6. The van der Waals surface area contributed by atoms with E-state index in [4.69, 9.17) is 4.74 Å². The number of anilines is 1. The molecule has 0 aliphatic carbocycles. The Hall–Kier alpha value is -2.15. The molecule has 0 aromatic carbocycles. The van der Waals surface area contributed by atoms with Gasteiger partial charge in [0.15, 0.2) is 0 Å². The summed E-state index contributed by atoms with van der Waals surface area (Å²) in [6, 6.07) is 3.29. The SMILES string of the molecule is COCCn1cc(NCc2cn(C)nn2)ccc1=O. The maximum atomic E-state index is 11.6. The van der Waals surface area contributed by atoms with Crippen LogP contribution in [0.25, 0.3) is 0 Å². The second-order valence-electron chi connectivity index (χ2n) is 4.18. The van der Waals surface area contributed by atoms with Crippen molar-refractivity contribution in [3.05, 3.63) is 40.6 Å². The zero-order valence-corrected chi connectivity index (χ0v) is 11.0. The van der Waals surface area contributed by atoms with Crippen molar-refractivity contribution in [3.8, 4) is 0 Å². The van der Waals surface area contributed by atoms with Gasteiger partial charge in [0.25, 0.3) is 5.56 Å². The summed E-state index contributed by atoms with van der Waals surface area (Å²) in [6.45, 7) is 1.61. The van der Waals surface area contributed by atoms with Gasteiger partial charge in [-0.05, 0) is 6.07 Å². The van der Waals surface area contributed by atoms with Crippen molar-refractivity contribution in [2.45, 2.75) is 13.1 Å². The van der Waals surface area contributed by atoms with Crippen molar-refractivity contribution >= 4 is 5.69 Å². The van der Waals surface area contributed by atoms with Gasteiger partial charge < -0.3 is 14.6 Å². The predicted octanol–water partition coefficient (Wildman–Crippen LogP) is 0.235. The molecule has 0 atom stereocenters. The highest BCUT2D eigenvalue weighted by Crippen LogP contribution is 2.05. The van der Waals surface area contributed by atoms with Gasteiger partial charge in [0, 0.05) is 39.2 Å². The van der Waals surface area contributed by atoms with Crippen molar-refractivity contribution in [3.63, 3.8) is 0 Å². The van der Waals surface area contributed by atoms with Gasteiger partial charge in [-0.3, -0.25) is 9.48 Å². The van der Waals surface area contributed by atoms with Crippen LogP contribution in [0, 0.1) is 0 Å². The maximum Gasteiger partial charge on any atom is 0.250 e. The molecule has 0 radical (unpaired) electrons. The minimum atomic E-state index is -0.0397. The molecule has 19 heavy (non-hydrogen) atoms. The van der Waals surface area contributed by atoms with Gasteiger partial charge in [-0.25, -0.2) is 0 Å². The van der Waals surface area contributed by atoms with Gasteiger partial charge in [-0.1, -0.05) is 5.21 Å². The topological polar surface area (TPSA) is 74.0 Å². The fourth-order valence-electron chi connectivity index (χ4n) is 1.67. The monoisotopic (exact) mass is 263 g/mol. The minimum Gasteiger partial charge on any atom is -0.383 e. The van der Waals surface area contributed by atoms with Crippen LogP contribution in [0.3, 0.4) is 0 Å². The highest BCUT2D eigenvalue weighted by Gasteiger charge is 2.01. The molecule has 102 valence electrons. The van der Waals surface area contributed by atoms with Gasteiger partial charge in [0.2, 0.25) is 0 Å². The summed E-state index contributed by atoms with van der Waals surface area (Å²) < 4.78 is 8.23. The van der Waals surface area contributed by atoms with Crippen LogP contribution in [0.2, 0.25) is 0 Å². The third-order valence-corrected chi connectivity index (χ3v) is 2.64. The second kappa shape index (κ2) is 6.14. The van der Waals surface area contributed by atoms with E-state index in [1.165, 1.54) is 6.07 Å². The van der Waals surface area contributed by atoms with Crippen LogP contribution >= 0.6 is 0 Å². The fourth-order valence-corrected chi connectivity index (χ4v) is 1.67. The minimum absolute atomic E-state index is 0.0397. The number of nitrogens with zero attached hydrogens (tertiary/aromatic N) is 4. The molecule has 0 bridgehead atoms. The summed E-state index contributed by atoms with van der Waals surface area (Å²) in [5.74, 6) is 0. The third kappa shape index (κ3) is 3.65. The quantitative estimate of drug-likeness (QED) is 0.808. The number of ether oxygens (including phenoxy) is 1. The first-order valence-corrected chi connectivity index (χ1v) is 5.97. The van der Waals surface area contributed by atoms with Crippen LogP contribution in [0.5, 0.6) is 0 Å². The number of aromatic nitrogens is 4. The van der Waals surface area contributed by atoms with Crippen LogP contribution in [-0.4, -0.2) is 33.3 Å². The molecule has 0 unspecified atom stereocenters. The lowest BCUT2D eigenvalue weighted by atomic mass is 10.3. The lowest BCUT2D eigenvalue weighted by Crippen LogP contribution is -2.21. The van der Waals surface area contributed by atoms with Crippen molar-refractivity contribution in [1.29, 1.82) is 0 Å². The first kappa shape index (κ1) is 13.3. The Bertz CT molecular complexity index is 590. The van der Waals surface area contributed by atoms with Gasteiger partial charge in [-0.2, -0.15) is 0 Å². The van der Waals surface area contributed by atoms with E-state index in [-0.39, 0.29) is 5.56 Å². The van der Waals surface area contributed by atoms with E-state index in [1.807, 2.05) is 13.2 Å². The molecule has 0 aliphatic rings. The van der Waals surface area contributed by atoms with Crippen molar-refractivity contribution < 1.29 is 4.74 Å². The Balaban J connectivity index is 2.02. The summed E-state index contributed by atoms with van der Waals surface area (Å²) >= 11 is 0. The Morgan fingerprint density at radius 1 is 1.37 bits per heavy atom.